The maximum Gasteiger partial charge on any atom is 0.176 e. The topological polar surface area (TPSA) is 77.0 Å². The Morgan fingerprint density at radius 2 is 1.94 bits per heavy atom. The lowest BCUT2D eigenvalue weighted by Crippen LogP contribution is -2.00. The fourth-order valence-corrected chi connectivity index (χ4v) is 1.62. The summed E-state index contributed by atoms with van der Waals surface area (Å²) in [5.41, 5.74) is 1.04. The second-order valence-electron chi connectivity index (χ2n) is 3.64. The number of aromatic hydroxyl groups is 1. The molecular formula is C12H12N2O2. The Kier molecular flexibility index (Phi) is 3.37. The first-order valence-electron chi connectivity index (χ1n) is 4.80. The molecule has 1 aromatic rings. The van der Waals surface area contributed by atoms with Crippen LogP contribution in [0.2, 0.25) is 0 Å². The van der Waals surface area contributed by atoms with Crippen LogP contribution in [0.3, 0.4) is 0 Å². The zero-order valence-electron chi connectivity index (χ0n) is 9.40. The largest absolute Gasteiger partial charge is 0.503 e. The van der Waals surface area contributed by atoms with Gasteiger partial charge in [0.15, 0.2) is 11.5 Å². The van der Waals surface area contributed by atoms with Crippen molar-refractivity contribution >= 4 is 0 Å². The average Bonchev–Trinajstić information content (AvgIpc) is 2.27. The summed E-state index contributed by atoms with van der Waals surface area (Å²) in [5, 5.41) is 27.8. The van der Waals surface area contributed by atoms with Crippen LogP contribution >= 0.6 is 0 Å². The summed E-state index contributed by atoms with van der Waals surface area (Å²) in [5.74, 6) is -0.0636. The zero-order chi connectivity index (χ0) is 12.3. The normalized spacial score (nSPS) is 9.62. The smallest absolute Gasteiger partial charge is 0.176 e. The molecule has 0 aliphatic carbocycles. The quantitative estimate of drug-likeness (QED) is 0.822. The summed E-state index contributed by atoms with van der Waals surface area (Å²) in [6.07, 6.45) is 0. The third kappa shape index (κ3) is 1.78. The lowest BCUT2D eigenvalue weighted by atomic mass is 9.92. The number of phenols is 1. The molecule has 0 spiro atoms. The van der Waals surface area contributed by atoms with Gasteiger partial charge in [-0.3, -0.25) is 0 Å². The van der Waals surface area contributed by atoms with Crippen molar-refractivity contribution in [3.63, 3.8) is 0 Å². The van der Waals surface area contributed by atoms with E-state index in [0.29, 0.717) is 11.1 Å². The van der Waals surface area contributed by atoms with Crippen LogP contribution in [-0.4, -0.2) is 12.2 Å². The Hall–Kier alpha value is -2.20. The van der Waals surface area contributed by atoms with E-state index in [4.69, 9.17) is 15.3 Å². The number of methoxy groups -OCH3 is 1. The molecule has 16 heavy (non-hydrogen) atoms. The van der Waals surface area contributed by atoms with Crippen molar-refractivity contribution in [2.75, 3.05) is 7.11 Å². The van der Waals surface area contributed by atoms with Crippen molar-refractivity contribution in [3.05, 3.63) is 22.8 Å². The van der Waals surface area contributed by atoms with Crippen LogP contribution in [0.4, 0.5) is 0 Å². The first-order chi connectivity index (χ1) is 7.56. The minimum Gasteiger partial charge on any atom is -0.503 e. The molecule has 0 atom stereocenters. The Balaban J connectivity index is 3.67. The van der Waals surface area contributed by atoms with Gasteiger partial charge in [-0.2, -0.15) is 10.5 Å². The van der Waals surface area contributed by atoms with Crippen molar-refractivity contribution in [1.82, 2.24) is 0 Å². The number of benzene rings is 1. The number of ether oxygens (including phenoxy) is 1. The van der Waals surface area contributed by atoms with E-state index in [1.165, 1.54) is 13.2 Å². The number of phenolic OH excluding ortho intramolecular Hbond substituents is 1. The third-order valence-corrected chi connectivity index (χ3v) is 2.33. The highest BCUT2D eigenvalue weighted by Crippen LogP contribution is 2.37. The SMILES string of the molecule is COc1cc(C#N)c(C(C)C)c(C#N)c1O. The standard InChI is InChI=1S/C12H12N2O2/c1-7(2)11-8(5-13)4-10(16-3)12(15)9(11)6-14/h4,7,15H,1-3H3. The number of hydrogen-bond acceptors (Lipinski definition) is 4. The van der Waals surface area contributed by atoms with E-state index >= 15 is 0 Å². The first kappa shape index (κ1) is 11.9. The Morgan fingerprint density at radius 3 is 2.31 bits per heavy atom. The van der Waals surface area contributed by atoms with E-state index in [2.05, 4.69) is 0 Å². The molecule has 4 heteroatoms. The van der Waals surface area contributed by atoms with Crippen LogP contribution in [0.25, 0.3) is 0 Å². The Bertz CT molecular complexity index is 493. The van der Waals surface area contributed by atoms with Crippen molar-refractivity contribution in [2.24, 2.45) is 0 Å². The highest BCUT2D eigenvalue weighted by molar-refractivity contribution is 5.62. The van der Waals surface area contributed by atoms with Gasteiger partial charge in [-0.15, -0.1) is 0 Å². The summed E-state index contributed by atoms with van der Waals surface area (Å²) in [7, 11) is 1.38. The lowest BCUT2D eigenvalue weighted by Gasteiger charge is -2.14. The van der Waals surface area contributed by atoms with Gasteiger partial charge in [0, 0.05) is 6.07 Å². The summed E-state index contributed by atoms with van der Waals surface area (Å²) < 4.78 is 4.91. The third-order valence-electron chi connectivity index (χ3n) is 2.33. The molecule has 0 unspecified atom stereocenters. The van der Waals surface area contributed by atoms with Gasteiger partial charge >= 0.3 is 0 Å². The maximum absolute atomic E-state index is 9.78. The number of nitriles is 2. The van der Waals surface area contributed by atoms with Crippen molar-refractivity contribution in [2.45, 2.75) is 19.8 Å². The highest BCUT2D eigenvalue weighted by atomic mass is 16.5. The van der Waals surface area contributed by atoms with Gasteiger partial charge in [-0.25, -0.2) is 0 Å². The van der Waals surface area contributed by atoms with Crippen LogP contribution < -0.4 is 4.74 Å². The molecule has 0 aromatic heterocycles. The van der Waals surface area contributed by atoms with Crippen LogP contribution in [0, 0.1) is 22.7 Å². The van der Waals surface area contributed by atoms with Gasteiger partial charge in [0.2, 0.25) is 0 Å². The first-order valence-corrected chi connectivity index (χ1v) is 4.80. The van der Waals surface area contributed by atoms with E-state index < -0.39 is 0 Å². The summed E-state index contributed by atoms with van der Waals surface area (Å²) in [6.45, 7) is 3.73. The van der Waals surface area contributed by atoms with Gasteiger partial charge in [-0.1, -0.05) is 13.8 Å². The molecule has 1 aromatic carbocycles. The average molecular weight is 216 g/mol. The van der Waals surface area contributed by atoms with E-state index in [1.807, 2.05) is 26.0 Å². The van der Waals surface area contributed by atoms with E-state index in [1.54, 1.807) is 0 Å². The second-order valence-corrected chi connectivity index (χ2v) is 3.64. The van der Waals surface area contributed by atoms with Gasteiger partial charge in [-0.05, 0) is 11.5 Å². The summed E-state index contributed by atoms with van der Waals surface area (Å²) >= 11 is 0. The molecule has 82 valence electrons. The van der Waals surface area contributed by atoms with Gasteiger partial charge in [0.1, 0.15) is 11.6 Å². The fraction of sp³-hybridized carbons (Fsp3) is 0.333. The highest BCUT2D eigenvalue weighted by Gasteiger charge is 2.20. The lowest BCUT2D eigenvalue weighted by molar-refractivity contribution is 0.372. The maximum atomic E-state index is 9.78. The predicted octanol–water partition coefficient (Wildman–Crippen LogP) is 2.27. The molecule has 0 radical (unpaired) electrons. The van der Waals surface area contributed by atoms with Crippen LogP contribution in [0.15, 0.2) is 6.07 Å². The number of nitrogens with zero attached hydrogens (tertiary/aromatic N) is 2. The minimum atomic E-state index is -0.201. The monoisotopic (exact) mass is 216 g/mol. The van der Waals surface area contributed by atoms with Crippen LogP contribution in [-0.2, 0) is 0 Å². The molecule has 4 nitrogen and oxygen atoms in total. The van der Waals surface area contributed by atoms with Crippen molar-refractivity contribution in [3.8, 4) is 23.6 Å². The van der Waals surface area contributed by atoms with Crippen molar-refractivity contribution in [1.29, 1.82) is 10.5 Å². The molecule has 0 saturated heterocycles. The molecular weight excluding hydrogens is 204 g/mol. The van der Waals surface area contributed by atoms with Crippen LogP contribution in [0.5, 0.6) is 11.5 Å². The Morgan fingerprint density at radius 1 is 1.31 bits per heavy atom. The summed E-state index contributed by atoms with van der Waals surface area (Å²) in [4.78, 5) is 0. The minimum absolute atomic E-state index is 0.0129. The molecule has 0 aliphatic heterocycles. The zero-order valence-corrected chi connectivity index (χ0v) is 9.40. The van der Waals surface area contributed by atoms with Crippen LogP contribution in [0.1, 0.15) is 36.5 Å². The predicted molar refractivity (Wildman–Crippen MR) is 58.2 cm³/mol. The Labute approximate surface area is 94.3 Å². The molecule has 0 saturated carbocycles. The number of hydrogen-bond donors (Lipinski definition) is 1. The molecule has 0 heterocycles. The number of rotatable bonds is 2. The molecule has 0 aliphatic rings. The van der Waals surface area contributed by atoms with Gasteiger partial charge in [0.25, 0.3) is 0 Å². The van der Waals surface area contributed by atoms with Gasteiger partial charge < -0.3 is 9.84 Å². The van der Waals surface area contributed by atoms with Crippen molar-refractivity contribution < 1.29 is 9.84 Å². The molecule has 1 rings (SSSR count). The van der Waals surface area contributed by atoms with E-state index in [-0.39, 0.29) is 23.0 Å². The fourth-order valence-electron chi connectivity index (χ4n) is 1.62. The van der Waals surface area contributed by atoms with Gasteiger partial charge in [0.05, 0.1) is 18.7 Å². The molecule has 0 fully saturated rings. The molecule has 1 N–H and O–H groups in total. The molecule has 0 bridgehead atoms. The molecule has 0 amide bonds. The van der Waals surface area contributed by atoms with E-state index in [9.17, 15) is 5.11 Å². The van der Waals surface area contributed by atoms with E-state index in [0.717, 1.165) is 0 Å². The second kappa shape index (κ2) is 4.55. The summed E-state index contributed by atoms with van der Waals surface area (Å²) in [6, 6.07) is 5.37.